The van der Waals surface area contributed by atoms with Crippen molar-refractivity contribution in [3.8, 4) is 0 Å². The van der Waals surface area contributed by atoms with Crippen LogP contribution < -0.4 is 0 Å². The third-order valence-electron chi connectivity index (χ3n) is 1.67. The Labute approximate surface area is 70.5 Å². The molecular weight excluding hydrogens is 187 g/mol. The molecule has 0 amide bonds. The Morgan fingerprint density at radius 3 is 2.50 bits per heavy atom. The maximum absolute atomic E-state index is 2.61. The first kappa shape index (κ1) is 7.84. The van der Waals surface area contributed by atoms with Crippen molar-refractivity contribution in [1.82, 2.24) is 0 Å². The van der Waals surface area contributed by atoms with Crippen LogP contribution in [0.25, 0.3) is 0 Å². The molecule has 0 N–H and O–H groups in total. The molecule has 10 heavy (non-hydrogen) atoms. The number of hydrogen-bond acceptors (Lipinski definition) is 0. The Bertz CT molecular complexity index is 228. The van der Waals surface area contributed by atoms with E-state index in [4.69, 9.17) is 0 Å². The van der Waals surface area contributed by atoms with Crippen LogP contribution in [-0.2, 0) is 5.32 Å². The molecule has 1 heteroatoms. The van der Waals surface area contributed by atoms with Crippen LogP contribution in [-0.4, -0.2) is 16.0 Å². The van der Waals surface area contributed by atoms with Crippen LogP contribution >= 0.6 is 0 Å². The second kappa shape index (κ2) is 3.23. The third kappa shape index (κ3) is 1.62. The summed E-state index contributed by atoms with van der Waals surface area (Å²) in [6, 6.07) is 6.58. The van der Waals surface area contributed by atoms with E-state index in [9.17, 15) is 0 Å². The molecular formula is C9H12Se. The minimum atomic E-state index is 1.08. The Balaban J connectivity index is 3.09. The van der Waals surface area contributed by atoms with Crippen LogP contribution in [0.4, 0.5) is 0 Å². The Morgan fingerprint density at radius 2 is 2.00 bits per heavy atom. The van der Waals surface area contributed by atoms with Crippen molar-refractivity contribution in [3.63, 3.8) is 0 Å². The van der Waals surface area contributed by atoms with Gasteiger partial charge in [0.05, 0.1) is 0 Å². The van der Waals surface area contributed by atoms with Gasteiger partial charge in [0.25, 0.3) is 0 Å². The van der Waals surface area contributed by atoms with E-state index in [2.05, 4.69) is 48.1 Å². The van der Waals surface area contributed by atoms with Crippen molar-refractivity contribution in [1.29, 1.82) is 0 Å². The molecule has 0 aliphatic heterocycles. The quantitative estimate of drug-likeness (QED) is 0.604. The zero-order valence-electron chi connectivity index (χ0n) is 6.39. The van der Waals surface area contributed by atoms with Crippen LogP contribution in [0.15, 0.2) is 18.2 Å². The van der Waals surface area contributed by atoms with Gasteiger partial charge in [-0.25, -0.2) is 0 Å². The summed E-state index contributed by atoms with van der Waals surface area (Å²) in [4.78, 5) is 0. The molecule has 0 aliphatic carbocycles. The summed E-state index contributed by atoms with van der Waals surface area (Å²) >= 11 is 2.61. The zero-order chi connectivity index (χ0) is 7.56. The first-order valence-electron chi connectivity index (χ1n) is 3.41. The minimum absolute atomic E-state index is 1.08. The van der Waals surface area contributed by atoms with E-state index in [1.165, 1.54) is 16.7 Å². The van der Waals surface area contributed by atoms with E-state index >= 15 is 0 Å². The first-order chi connectivity index (χ1) is 4.74. The molecule has 1 aromatic rings. The molecule has 0 unspecified atom stereocenters. The van der Waals surface area contributed by atoms with Crippen LogP contribution in [0.1, 0.15) is 16.7 Å². The van der Waals surface area contributed by atoms with E-state index in [0.29, 0.717) is 0 Å². The molecule has 0 aromatic heterocycles. The van der Waals surface area contributed by atoms with E-state index in [-0.39, 0.29) is 0 Å². The summed E-state index contributed by atoms with van der Waals surface area (Å²) in [6.45, 7) is 4.29. The molecule has 0 heterocycles. The molecule has 1 aromatic carbocycles. The second-order valence-corrected chi connectivity index (χ2v) is 3.25. The predicted octanol–water partition coefficient (Wildman–Crippen LogP) is 1.70. The van der Waals surface area contributed by atoms with E-state index in [1.807, 2.05) is 0 Å². The van der Waals surface area contributed by atoms with E-state index in [1.54, 1.807) is 0 Å². The topological polar surface area (TPSA) is 0 Å². The molecule has 54 valence electrons. The zero-order valence-corrected chi connectivity index (χ0v) is 8.26. The predicted molar refractivity (Wildman–Crippen MR) is 46.8 cm³/mol. The molecule has 0 saturated heterocycles. The van der Waals surface area contributed by atoms with Gasteiger partial charge in [-0.2, -0.15) is 0 Å². The standard InChI is InChI=1S/C9H12Se/c1-7-3-4-8(2)9(5-7)6-10/h3-5,10H,6H2,1-2H3. The number of benzene rings is 1. The van der Waals surface area contributed by atoms with E-state index in [0.717, 1.165) is 5.32 Å². The molecule has 0 nitrogen and oxygen atoms in total. The van der Waals surface area contributed by atoms with Gasteiger partial charge in [-0.05, 0) is 0 Å². The van der Waals surface area contributed by atoms with Crippen molar-refractivity contribution in [2.45, 2.75) is 19.2 Å². The van der Waals surface area contributed by atoms with Crippen molar-refractivity contribution in [2.75, 3.05) is 0 Å². The number of aryl methyl sites for hydroxylation is 2. The molecule has 0 bridgehead atoms. The molecule has 0 saturated carbocycles. The van der Waals surface area contributed by atoms with Crippen molar-refractivity contribution in [2.24, 2.45) is 0 Å². The summed E-state index contributed by atoms with van der Waals surface area (Å²) in [5.41, 5.74) is 4.19. The Kier molecular flexibility index (Phi) is 2.53. The average Bonchev–Trinajstić information content (AvgIpc) is 1.94. The fourth-order valence-corrected chi connectivity index (χ4v) is 1.69. The van der Waals surface area contributed by atoms with Crippen LogP contribution in [0.5, 0.6) is 0 Å². The van der Waals surface area contributed by atoms with Crippen molar-refractivity contribution >= 4 is 16.0 Å². The van der Waals surface area contributed by atoms with E-state index < -0.39 is 0 Å². The van der Waals surface area contributed by atoms with Gasteiger partial charge in [-0.1, -0.05) is 0 Å². The van der Waals surface area contributed by atoms with Gasteiger partial charge in [-0.3, -0.25) is 0 Å². The third-order valence-corrected chi connectivity index (χ3v) is 2.39. The Morgan fingerprint density at radius 1 is 1.30 bits per heavy atom. The number of rotatable bonds is 1. The monoisotopic (exact) mass is 200 g/mol. The summed E-state index contributed by atoms with van der Waals surface area (Å²) in [5.74, 6) is 0. The van der Waals surface area contributed by atoms with Crippen LogP contribution in [0.3, 0.4) is 0 Å². The average molecular weight is 199 g/mol. The fraction of sp³-hybridized carbons (Fsp3) is 0.333. The van der Waals surface area contributed by atoms with Gasteiger partial charge in [0.1, 0.15) is 0 Å². The van der Waals surface area contributed by atoms with Gasteiger partial charge >= 0.3 is 70.1 Å². The SMILES string of the molecule is Cc1ccc(C)c(C[SeH])c1. The summed E-state index contributed by atoms with van der Waals surface area (Å²) in [6.07, 6.45) is 0. The van der Waals surface area contributed by atoms with Crippen molar-refractivity contribution in [3.05, 3.63) is 34.9 Å². The summed E-state index contributed by atoms with van der Waals surface area (Å²) in [7, 11) is 0. The van der Waals surface area contributed by atoms with Crippen molar-refractivity contribution < 1.29 is 0 Å². The molecule has 0 radical (unpaired) electrons. The molecule has 0 spiro atoms. The molecule has 0 aliphatic rings. The van der Waals surface area contributed by atoms with Crippen LogP contribution in [0.2, 0.25) is 0 Å². The van der Waals surface area contributed by atoms with Crippen LogP contribution in [0, 0.1) is 13.8 Å². The Hall–Kier alpha value is -0.261. The van der Waals surface area contributed by atoms with Gasteiger partial charge in [0.15, 0.2) is 0 Å². The molecule has 0 atom stereocenters. The maximum atomic E-state index is 2.61. The summed E-state index contributed by atoms with van der Waals surface area (Å²) in [5, 5.41) is 1.08. The number of hydrogen-bond donors (Lipinski definition) is 0. The van der Waals surface area contributed by atoms with Gasteiger partial charge in [0, 0.05) is 0 Å². The summed E-state index contributed by atoms with van der Waals surface area (Å²) < 4.78 is 0. The van der Waals surface area contributed by atoms with Gasteiger partial charge < -0.3 is 0 Å². The normalized spacial score (nSPS) is 9.90. The molecule has 0 fully saturated rings. The van der Waals surface area contributed by atoms with Gasteiger partial charge in [-0.15, -0.1) is 0 Å². The second-order valence-electron chi connectivity index (χ2n) is 2.59. The first-order valence-corrected chi connectivity index (χ1v) is 4.73. The molecule has 1 rings (SSSR count). The van der Waals surface area contributed by atoms with Gasteiger partial charge in [0.2, 0.25) is 0 Å². The fourth-order valence-electron chi connectivity index (χ4n) is 0.971.